The van der Waals surface area contributed by atoms with E-state index in [1.54, 1.807) is 12.3 Å². The lowest BCUT2D eigenvalue weighted by molar-refractivity contribution is -0.148. The minimum Gasteiger partial charge on any atom is -0.465 e. The lowest BCUT2D eigenvalue weighted by Gasteiger charge is -2.16. The first-order valence-corrected chi connectivity index (χ1v) is 6.60. The maximum absolute atomic E-state index is 12.3. The molecule has 2 fully saturated rings. The van der Waals surface area contributed by atoms with E-state index < -0.39 is 0 Å². The molecule has 0 N–H and O–H groups in total. The number of fused-ring (bicyclic) bond motifs is 1. The molecule has 19 heavy (non-hydrogen) atoms. The van der Waals surface area contributed by atoms with Gasteiger partial charge >= 0.3 is 5.97 Å². The van der Waals surface area contributed by atoms with E-state index >= 15 is 0 Å². The van der Waals surface area contributed by atoms with Crippen LogP contribution in [0.2, 0.25) is 0 Å². The van der Waals surface area contributed by atoms with Gasteiger partial charge in [0.1, 0.15) is 11.9 Å². The fraction of sp³-hybridized carbons (Fsp3) is 0.467. The molecular weight excluding hydrogens is 244 g/mol. The predicted molar refractivity (Wildman–Crippen MR) is 68.1 cm³/mol. The lowest BCUT2D eigenvalue weighted by Crippen LogP contribution is -2.22. The quantitative estimate of drug-likeness (QED) is 0.606. The van der Waals surface area contributed by atoms with Gasteiger partial charge in [0.25, 0.3) is 0 Å². The van der Waals surface area contributed by atoms with E-state index in [-0.39, 0.29) is 29.7 Å². The van der Waals surface area contributed by atoms with Crippen molar-refractivity contribution < 1.29 is 18.7 Å². The Balaban J connectivity index is 1.79. The molecule has 100 valence electrons. The summed E-state index contributed by atoms with van der Waals surface area (Å²) in [5.41, 5.74) is 0.793. The number of allylic oxidation sites excluding steroid dienone is 1. The van der Waals surface area contributed by atoms with Crippen molar-refractivity contribution in [2.24, 2.45) is 11.8 Å². The van der Waals surface area contributed by atoms with Gasteiger partial charge in [0.15, 0.2) is 5.78 Å². The summed E-state index contributed by atoms with van der Waals surface area (Å²) in [6, 6.07) is 3.63. The Morgan fingerprint density at radius 3 is 3.00 bits per heavy atom. The third-order valence-corrected chi connectivity index (χ3v) is 4.04. The van der Waals surface area contributed by atoms with Crippen molar-refractivity contribution in [3.8, 4) is 0 Å². The Bertz CT molecular complexity index is 526. The van der Waals surface area contributed by atoms with Gasteiger partial charge in [-0.3, -0.25) is 9.59 Å². The highest BCUT2D eigenvalue weighted by Gasteiger charge is 2.48. The van der Waals surface area contributed by atoms with E-state index in [0.717, 1.165) is 18.4 Å². The number of rotatable bonds is 2. The van der Waals surface area contributed by atoms with Crippen LogP contribution < -0.4 is 0 Å². The van der Waals surface area contributed by atoms with E-state index in [0.29, 0.717) is 12.2 Å². The maximum Gasteiger partial charge on any atom is 0.302 e. The summed E-state index contributed by atoms with van der Waals surface area (Å²) in [4.78, 5) is 23.4. The first-order valence-electron chi connectivity index (χ1n) is 6.60. The Morgan fingerprint density at radius 2 is 2.32 bits per heavy atom. The van der Waals surface area contributed by atoms with Gasteiger partial charge in [-0.05, 0) is 43.0 Å². The van der Waals surface area contributed by atoms with E-state index in [1.807, 2.05) is 12.1 Å². The molecule has 0 bridgehead atoms. The fourth-order valence-electron chi connectivity index (χ4n) is 3.26. The second kappa shape index (κ2) is 4.68. The van der Waals surface area contributed by atoms with Crippen molar-refractivity contribution in [2.45, 2.75) is 32.3 Å². The van der Waals surface area contributed by atoms with Gasteiger partial charge in [-0.2, -0.15) is 0 Å². The SMILES string of the molecule is CC(=O)O[C@H]1CC[C@H]2C(=O)/C(=C/c3ccco3)C[C@@H]12. The molecule has 2 aliphatic rings. The number of Topliss-reactive ketones (excluding diaryl/α,β-unsaturated/α-hetero) is 1. The summed E-state index contributed by atoms with van der Waals surface area (Å²) < 4.78 is 10.6. The normalized spacial score (nSPS) is 31.7. The number of hydrogen-bond donors (Lipinski definition) is 0. The highest BCUT2D eigenvalue weighted by atomic mass is 16.5. The summed E-state index contributed by atoms with van der Waals surface area (Å²) in [7, 11) is 0. The van der Waals surface area contributed by atoms with Crippen LogP contribution >= 0.6 is 0 Å². The number of ether oxygens (including phenoxy) is 1. The van der Waals surface area contributed by atoms with Crippen molar-refractivity contribution in [3.63, 3.8) is 0 Å². The molecule has 0 amide bonds. The van der Waals surface area contributed by atoms with Gasteiger partial charge in [-0.1, -0.05) is 0 Å². The zero-order valence-corrected chi connectivity index (χ0v) is 10.8. The topological polar surface area (TPSA) is 56.5 Å². The zero-order valence-electron chi connectivity index (χ0n) is 10.8. The lowest BCUT2D eigenvalue weighted by atomic mass is 9.99. The van der Waals surface area contributed by atoms with Crippen LogP contribution in [0.5, 0.6) is 0 Å². The van der Waals surface area contributed by atoms with Crippen LogP contribution in [0.25, 0.3) is 6.08 Å². The van der Waals surface area contributed by atoms with E-state index in [1.165, 1.54) is 6.92 Å². The second-order valence-electron chi connectivity index (χ2n) is 5.25. The summed E-state index contributed by atoms with van der Waals surface area (Å²) in [6.45, 7) is 1.42. The molecule has 4 nitrogen and oxygen atoms in total. The summed E-state index contributed by atoms with van der Waals surface area (Å²) in [5, 5.41) is 0. The minimum atomic E-state index is -0.262. The van der Waals surface area contributed by atoms with Crippen molar-refractivity contribution in [1.82, 2.24) is 0 Å². The van der Waals surface area contributed by atoms with Crippen LogP contribution in [-0.2, 0) is 14.3 Å². The first kappa shape index (κ1) is 12.2. The Kier molecular flexibility index (Phi) is 3.01. The Morgan fingerprint density at radius 1 is 1.47 bits per heavy atom. The smallest absolute Gasteiger partial charge is 0.302 e. The molecule has 4 heteroatoms. The molecular formula is C15H16O4. The first-order chi connectivity index (χ1) is 9.15. The third kappa shape index (κ3) is 2.23. The second-order valence-corrected chi connectivity index (χ2v) is 5.25. The maximum atomic E-state index is 12.3. The monoisotopic (exact) mass is 260 g/mol. The molecule has 0 spiro atoms. The van der Waals surface area contributed by atoms with Crippen LogP contribution in [0.1, 0.15) is 31.9 Å². The van der Waals surface area contributed by atoms with Crippen LogP contribution in [-0.4, -0.2) is 17.9 Å². The van der Waals surface area contributed by atoms with Crippen LogP contribution in [0.4, 0.5) is 0 Å². The minimum absolute atomic E-state index is 0.0190. The summed E-state index contributed by atoms with van der Waals surface area (Å²) >= 11 is 0. The molecule has 2 saturated carbocycles. The highest BCUT2D eigenvalue weighted by Crippen LogP contribution is 2.46. The standard InChI is InChI=1S/C15H16O4/c1-9(16)19-14-5-4-12-13(14)8-10(15(12)17)7-11-3-2-6-18-11/h2-3,6-7,12-14H,4-5,8H2,1H3/b10-7+/t12-,13-,14+/m1/s1. The van der Waals surface area contributed by atoms with Crippen molar-refractivity contribution >= 4 is 17.8 Å². The Hall–Kier alpha value is -1.84. The van der Waals surface area contributed by atoms with Gasteiger partial charge in [-0.25, -0.2) is 0 Å². The molecule has 0 saturated heterocycles. The summed E-state index contributed by atoms with van der Waals surface area (Å²) in [5.74, 6) is 0.799. The molecule has 0 aromatic carbocycles. The molecule has 0 unspecified atom stereocenters. The van der Waals surface area contributed by atoms with Crippen molar-refractivity contribution in [2.75, 3.05) is 0 Å². The van der Waals surface area contributed by atoms with E-state index in [9.17, 15) is 9.59 Å². The van der Waals surface area contributed by atoms with Gasteiger partial charge in [0.05, 0.1) is 6.26 Å². The molecule has 3 atom stereocenters. The van der Waals surface area contributed by atoms with Crippen LogP contribution in [0, 0.1) is 11.8 Å². The molecule has 1 heterocycles. The zero-order chi connectivity index (χ0) is 13.4. The van der Waals surface area contributed by atoms with E-state index in [2.05, 4.69) is 0 Å². The van der Waals surface area contributed by atoms with Gasteiger partial charge in [-0.15, -0.1) is 0 Å². The molecule has 2 aliphatic carbocycles. The highest BCUT2D eigenvalue weighted by molar-refractivity contribution is 6.03. The molecule has 1 aromatic rings. The summed E-state index contributed by atoms with van der Waals surface area (Å²) in [6.07, 6.45) is 5.60. The predicted octanol–water partition coefficient (Wildman–Crippen LogP) is 2.59. The van der Waals surface area contributed by atoms with Crippen molar-refractivity contribution in [1.29, 1.82) is 0 Å². The molecule has 3 rings (SSSR count). The largest absolute Gasteiger partial charge is 0.465 e. The third-order valence-electron chi connectivity index (χ3n) is 4.04. The molecule has 0 radical (unpaired) electrons. The number of ketones is 1. The number of furan rings is 1. The van der Waals surface area contributed by atoms with Crippen LogP contribution in [0.15, 0.2) is 28.4 Å². The van der Waals surface area contributed by atoms with Gasteiger partial charge in [0.2, 0.25) is 0 Å². The number of esters is 1. The fourth-order valence-corrected chi connectivity index (χ4v) is 3.26. The average Bonchev–Trinajstić information content (AvgIpc) is 3.03. The van der Waals surface area contributed by atoms with Gasteiger partial charge in [0, 0.05) is 18.8 Å². The average molecular weight is 260 g/mol. The molecule has 0 aliphatic heterocycles. The van der Waals surface area contributed by atoms with Gasteiger partial charge < -0.3 is 9.15 Å². The van der Waals surface area contributed by atoms with Crippen LogP contribution in [0.3, 0.4) is 0 Å². The van der Waals surface area contributed by atoms with Crippen molar-refractivity contribution in [3.05, 3.63) is 29.7 Å². The Labute approximate surface area is 111 Å². The number of carbonyl (C=O) groups excluding carboxylic acids is 2. The van der Waals surface area contributed by atoms with E-state index in [4.69, 9.17) is 9.15 Å². The number of hydrogen-bond acceptors (Lipinski definition) is 4. The molecule has 1 aromatic heterocycles. The number of carbonyl (C=O) groups is 2.